The van der Waals surface area contributed by atoms with Gasteiger partial charge in [0.15, 0.2) is 5.96 Å². The number of nitrogens with two attached hydrogens (primary N) is 1. The van der Waals surface area contributed by atoms with Crippen molar-refractivity contribution >= 4 is 62.7 Å². The summed E-state index contributed by atoms with van der Waals surface area (Å²) in [6.45, 7) is 1.43. The number of carboxylic acids is 2. The van der Waals surface area contributed by atoms with Crippen molar-refractivity contribution in [2.45, 2.75) is 31.6 Å². The number of carbonyl (C=O) groups excluding carboxylic acids is 2. The maximum absolute atomic E-state index is 13.9. The van der Waals surface area contributed by atoms with Crippen molar-refractivity contribution in [2.75, 3.05) is 18.4 Å². The van der Waals surface area contributed by atoms with E-state index in [-0.39, 0.29) is 23.3 Å². The number of aliphatic carboxylic acids is 1. The van der Waals surface area contributed by atoms with E-state index in [4.69, 9.17) is 26.2 Å². The van der Waals surface area contributed by atoms with Crippen molar-refractivity contribution in [2.24, 2.45) is 5.73 Å². The summed E-state index contributed by atoms with van der Waals surface area (Å²) >= 11 is 5.06. The van der Waals surface area contributed by atoms with Crippen molar-refractivity contribution in [3.63, 3.8) is 0 Å². The largest absolute Gasteiger partial charge is 0.490 e. The number of benzene rings is 2. The molecule has 11 nitrogen and oxygen atoms in total. The molecule has 1 atom stereocenters. The van der Waals surface area contributed by atoms with Gasteiger partial charge in [-0.15, -0.1) is 11.3 Å². The summed E-state index contributed by atoms with van der Waals surface area (Å²) in [5.41, 5.74) is 9.51. The second-order valence-electron chi connectivity index (χ2n) is 9.74. The molecule has 0 spiro atoms. The quantitative estimate of drug-likeness (QED) is 0.196. The molecule has 5 rings (SSSR count). The first-order valence-corrected chi connectivity index (χ1v) is 14.6. The smallest absolute Gasteiger partial charge is 0.478 e. The van der Waals surface area contributed by atoms with Gasteiger partial charge in [-0.05, 0) is 59.9 Å². The third-order valence-electron chi connectivity index (χ3n) is 7.03. The summed E-state index contributed by atoms with van der Waals surface area (Å²) in [5, 5.41) is 28.7. The van der Waals surface area contributed by atoms with Gasteiger partial charge in [0.2, 0.25) is 0 Å². The van der Waals surface area contributed by atoms with Crippen LogP contribution in [0.15, 0.2) is 52.3 Å². The molecule has 2 aliphatic rings. The predicted molar refractivity (Wildman–Crippen MR) is 158 cm³/mol. The lowest BCUT2D eigenvalue weighted by atomic mass is 9.90. The standard InChI is InChI=1S/C26H24BrN5O4S.C2HF3O2/c27-20-3-1-2-18-16(20)9-11-32(22(18)23(33)30-15-6-4-14(5-7-15)25(35)36)24(34)19-13-37-21-12-31(26(28)29)10-8-17(19)21;3-2(4,5)1(6)7/h1-7,13,22H,8-12H2,(H3,28,29)(H,30,33)(H,35,36);(H,6,7). The van der Waals surface area contributed by atoms with Gasteiger partial charge in [0.05, 0.1) is 17.7 Å². The van der Waals surface area contributed by atoms with E-state index in [0.29, 0.717) is 43.7 Å². The first-order chi connectivity index (χ1) is 20.7. The summed E-state index contributed by atoms with van der Waals surface area (Å²) in [5.74, 6) is -4.37. The summed E-state index contributed by atoms with van der Waals surface area (Å²) in [4.78, 5) is 52.1. The molecule has 0 bridgehead atoms. The Labute approximate surface area is 260 Å². The molecular weight excluding hydrogens is 671 g/mol. The SMILES string of the molecule is N=C(N)N1CCc2c(C(=O)N3CCc4c(Br)cccc4C3C(=O)Nc3ccc(C(=O)O)cc3)csc2C1.O=C(O)C(F)(F)F. The molecule has 0 saturated heterocycles. The molecule has 16 heteroatoms. The number of aromatic carboxylic acids is 1. The molecule has 6 N–H and O–H groups in total. The van der Waals surface area contributed by atoms with Crippen LogP contribution in [0.4, 0.5) is 18.9 Å². The average molecular weight is 697 g/mol. The Hall–Kier alpha value is -4.44. The van der Waals surface area contributed by atoms with E-state index in [0.717, 1.165) is 26.0 Å². The van der Waals surface area contributed by atoms with E-state index >= 15 is 0 Å². The summed E-state index contributed by atoms with van der Waals surface area (Å²) in [6, 6.07) is 10.7. The number of guanidine groups is 1. The highest BCUT2D eigenvalue weighted by Crippen LogP contribution is 2.37. The van der Waals surface area contributed by atoms with Crippen molar-refractivity contribution in [1.82, 2.24) is 9.80 Å². The van der Waals surface area contributed by atoms with Crippen LogP contribution in [-0.4, -0.2) is 69.0 Å². The van der Waals surface area contributed by atoms with Crippen LogP contribution in [0, 0.1) is 5.41 Å². The number of rotatable bonds is 4. The van der Waals surface area contributed by atoms with E-state index in [9.17, 15) is 27.6 Å². The molecule has 0 saturated carbocycles. The fraction of sp³-hybridized carbons (Fsp3) is 0.250. The molecule has 0 aliphatic carbocycles. The molecule has 44 heavy (non-hydrogen) atoms. The van der Waals surface area contributed by atoms with Crippen LogP contribution in [0.2, 0.25) is 0 Å². The number of carboxylic acid groups (broad SMARTS) is 2. The van der Waals surface area contributed by atoms with Gasteiger partial charge in [-0.1, -0.05) is 28.1 Å². The topological polar surface area (TPSA) is 177 Å². The van der Waals surface area contributed by atoms with Gasteiger partial charge in [-0.3, -0.25) is 15.0 Å². The lowest BCUT2D eigenvalue weighted by molar-refractivity contribution is -0.192. The van der Waals surface area contributed by atoms with Crippen LogP contribution in [-0.2, 0) is 29.0 Å². The van der Waals surface area contributed by atoms with E-state index in [1.165, 1.54) is 35.6 Å². The molecule has 1 unspecified atom stereocenters. The highest BCUT2D eigenvalue weighted by atomic mass is 79.9. The second-order valence-corrected chi connectivity index (χ2v) is 11.6. The molecule has 232 valence electrons. The highest BCUT2D eigenvalue weighted by molar-refractivity contribution is 9.10. The third-order valence-corrected chi connectivity index (χ3v) is 8.79. The zero-order chi connectivity index (χ0) is 32.3. The average Bonchev–Trinajstić information content (AvgIpc) is 3.40. The second kappa shape index (κ2) is 13.1. The van der Waals surface area contributed by atoms with Gasteiger partial charge in [0.25, 0.3) is 11.8 Å². The minimum Gasteiger partial charge on any atom is -0.478 e. The lowest BCUT2D eigenvalue weighted by Gasteiger charge is -2.37. The number of anilines is 1. The van der Waals surface area contributed by atoms with Crippen molar-refractivity contribution in [1.29, 1.82) is 5.41 Å². The van der Waals surface area contributed by atoms with Gasteiger partial charge in [-0.25, -0.2) is 9.59 Å². The molecule has 2 aromatic carbocycles. The maximum atomic E-state index is 13.9. The molecular formula is C28H25BrF3N5O6S. The van der Waals surface area contributed by atoms with Crippen molar-refractivity contribution < 1.29 is 42.6 Å². The molecule has 3 heterocycles. The van der Waals surface area contributed by atoms with Crippen LogP contribution in [0.25, 0.3) is 0 Å². The van der Waals surface area contributed by atoms with E-state index < -0.39 is 24.2 Å². The lowest BCUT2D eigenvalue weighted by Crippen LogP contribution is -2.46. The number of halogens is 4. The Morgan fingerprint density at radius 2 is 1.66 bits per heavy atom. The number of nitrogens with zero attached hydrogens (tertiary/aromatic N) is 2. The molecule has 2 amide bonds. The number of nitrogens with one attached hydrogen (secondary N) is 2. The van der Waals surface area contributed by atoms with E-state index in [1.807, 2.05) is 23.6 Å². The van der Waals surface area contributed by atoms with Gasteiger partial charge < -0.3 is 31.1 Å². The van der Waals surface area contributed by atoms with Crippen LogP contribution >= 0.6 is 27.3 Å². The zero-order valence-corrected chi connectivity index (χ0v) is 25.1. The van der Waals surface area contributed by atoms with Gasteiger partial charge >= 0.3 is 18.1 Å². The van der Waals surface area contributed by atoms with Crippen molar-refractivity contribution in [3.8, 4) is 0 Å². The summed E-state index contributed by atoms with van der Waals surface area (Å²) < 4.78 is 32.6. The Morgan fingerprint density at radius 1 is 1.02 bits per heavy atom. The number of alkyl halides is 3. The molecule has 0 fully saturated rings. The Bertz CT molecular complexity index is 1630. The third kappa shape index (κ3) is 7.02. The molecule has 3 aromatic rings. The van der Waals surface area contributed by atoms with Gasteiger partial charge in [-0.2, -0.15) is 13.2 Å². The normalized spacial score (nSPS) is 15.7. The number of carbonyl (C=O) groups is 4. The first-order valence-electron chi connectivity index (χ1n) is 12.9. The zero-order valence-electron chi connectivity index (χ0n) is 22.7. The molecule has 0 radical (unpaired) electrons. The maximum Gasteiger partial charge on any atom is 0.490 e. The monoisotopic (exact) mass is 695 g/mol. The highest BCUT2D eigenvalue weighted by Gasteiger charge is 2.39. The number of hydrogen-bond acceptors (Lipinski definition) is 6. The van der Waals surface area contributed by atoms with Crippen LogP contribution in [0.1, 0.15) is 48.3 Å². The molecule has 1 aromatic heterocycles. The molecule has 2 aliphatic heterocycles. The Morgan fingerprint density at radius 3 is 2.25 bits per heavy atom. The van der Waals surface area contributed by atoms with Crippen LogP contribution in [0.5, 0.6) is 0 Å². The minimum atomic E-state index is -5.08. The Balaban J connectivity index is 0.000000566. The van der Waals surface area contributed by atoms with E-state index in [1.54, 1.807) is 9.80 Å². The van der Waals surface area contributed by atoms with Crippen LogP contribution < -0.4 is 11.1 Å². The fourth-order valence-electron chi connectivity index (χ4n) is 4.90. The predicted octanol–water partition coefficient (Wildman–Crippen LogP) is 4.47. The Kier molecular flexibility index (Phi) is 9.63. The van der Waals surface area contributed by atoms with Gasteiger partial charge in [0.1, 0.15) is 6.04 Å². The van der Waals surface area contributed by atoms with Crippen LogP contribution in [0.3, 0.4) is 0 Å². The number of amides is 2. The number of hydrogen-bond donors (Lipinski definition) is 5. The van der Waals surface area contributed by atoms with Crippen molar-refractivity contribution in [3.05, 3.63) is 85.0 Å². The minimum absolute atomic E-state index is 0.0123. The van der Waals surface area contributed by atoms with E-state index in [2.05, 4.69) is 21.2 Å². The number of fused-ring (bicyclic) bond motifs is 2. The van der Waals surface area contributed by atoms with Gasteiger partial charge in [0, 0.05) is 33.5 Å². The summed E-state index contributed by atoms with van der Waals surface area (Å²) in [7, 11) is 0. The first kappa shape index (κ1) is 32.5. The summed E-state index contributed by atoms with van der Waals surface area (Å²) in [6.07, 6.45) is -3.88. The fourth-order valence-corrected chi connectivity index (χ4v) is 6.57. The number of thiophene rings is 1.